The van der Waals surface area contributed by atoms with E-state index in [2.05, 4.69) is 29.2 Å². The monoisotopic (exact) mass is 201 g/mol. The zero-order valence-electron chi connectivity index (χ0n) is 8.78. The minimum atomic E-state index is 0.0782. The molecule has 1 amide bonds. The summed E-state index contributed by atoms with van der Waals surface area (Å²) in [6, 6.07) is 10.5. The predicted molar refractivity (Wildman–Crippen MR) is 58.3 cm³/mol. The Kier molecular flexibility index (Phi) is 1.84. The molecule has 1 aromatic rings. The predicted octanol–water partition coefficient (Wildman–Crippen LogP) is 2.30. The summed E-state index contributed by atoms with van der Waals surface area (Å²) < 4.78 is 0. The van der Waals surface area contributed by atoms with Gasteiger partial charge in [-0.25, -0.2) is 0 Å². The Morgan fingerprint density at radius 2 is 1.87 bits per heavy atom. The normalized spacial score (nSPS) is 23.2. The number of nitrogens with zero attached hydrogens (tertiary/aromatic N) is 1. The van der Waals surface area contributed by atoms with Crippen LogP contribution in [0.3, 0.4) is 0 Å². The molecule has 2 heteroatoms. The van der Waals surface area contributed by atoms with Crippen molar-refractivity contribution in [2.45, 2.75) is 31.2 Å². The van der Waals surface area contributed by atoms with Crippen LogP contribution in [0.1, 0.15) is 31.2 Å². The van der Waals surface area contributed by atoms with Crippen LogP contribution in [0.4, 0.5) is 0 Å². The van der Waals surface area contributed by atoms with Crippen molar-refractivity contribution in [2.24, 2.45) is 0 Å². The molecule has 0 spiro atoms. The number of rotatable bonds is 2. The Balaban J connectivity index is 1.94. The molecule has 2 nitrogen and oxygen atoms in total. The highest BCUT2D eigenvalue weighted by Gasteiger charge is 2.52. The number of hydrogen-bond acceptors (Lipinski definition) is 1. The number of hydrogen-bond donors (Lipinski definition) is 0. The van der Waals surface area contributed by atoms with Crippen molar-refractivity contribution in [3.8, 4) is 0 Å². The topological polar surface area (TPSA) is 20.3 Å². The van der Waals surface area contributed by atoms with Gasteiger partial charge in [0.05, 0.1) is 5.54 Å². The van der Waals surface area contributed by atoms with Crippen molar-refractivity contribution in [3.05, 3.63) is 35.9 Å². The first-order valence-corrected chi connectivity index (χ1v) is 5.69. The number of likely N-dealkylation sites (tertiary alicyclic amines) is 1. The average molecular weight is 201 g/mol. The maximum atomic E-state index is 11.8. The van der Waals surface area contributed by atoms with E-state index >= 15 is 0 Å². The lowest BCUT2D eigenvalue weighted by Gasteiger charge is -2.28. The van der Waals surface area contributed by atoms with Crippen molar-refractivity contribution >= 4 is 5.91 Å². The maximum Gasteiger partial charge on any atom is 0.223 e. The van der Waals surface area contributed by atoms with Gasteiger partial charge in [-0.1, -0.05) is 30.3 Å². The van der Waals surface area contributed by atoms with Crippen molar-refractivity contribution in [2.75, 3.05) is 6.54 Å². The number of amides is 1. The summed E-state index contributed by atoms with van der Waals surface area (Å²) in [5, 5.41) is 0. The molecule has 0 aromatic heterocycles. The van der Waals surface area contributed by atoms with Crippen LogP contribution >= 0.6 is 0 Å². The zero-order chi connectivity index (χ0) is 10.3. The van der Waals surface area contributed by atoms with E-state index in [4.69, 9.17) is 0 Å². The van der Waals surface area contributed by atoms with E-state index < -0.39 is 0 Å². The summed E-state index contributed by atoms with van der Waals surface area (Å²) in [5.74, 6) is 0.344. The quantitative estimate of drug-likeness (QED) is 0.719. The van der Waals surface area contributed by atoms with Gasteiger partial charge in [-0.2, -0.15) is 0 Å². The minimum Gasteiger partial charge on any atom is -0.333 e. The highest BCUT2D eigenvalue weighted by Crippen LogP contribution is 2.52. The van der Waals surface area contributed by atoms with E-state index in [9.17, 15) is 4.79 Å². The zero-order valence-corrected chi connectivity index (χ0v) is 8.78. The van der Waals surface area contributed by atoms with E-state index in [0.29, 0.717) is 5.91 Å². The first-order chi connectivity index (χ1) is 7.33. The van der Waals surface area contributed by atoms with E-state index in [0.717, 1.165) is 32.2 Å². The molecule has 1 aliphatic carbocycles. The number of carbonyl (C=O) groups is 1. The van der Waals surface area contributed by atoms with Gasteiger partial charge in [-0.05, 0) is 24.8 Å². The van der Waals surface area contributed by atoms with Crippen molar-refractivity contribution < 1.29 is 4.79 Å². The molecule has 1 aliphatic heterocycles. The summed E-state index contributed by atoms with van der Waals surface area (Å²) in [4.78, 5) is 13.9. The molecule has 2 fully saturated rings. The second-order valence-corrected chi connectivity index (χ2v) is 4.55. The Labute approximate surface area is 89.9 Å². The third kappa shape index (κ3) is 1.28. The van der Waals surface area contributed by atoms with E-state index in [1.807, 2.05) is 6.07 Å². The molecule has 0 atom stereocenters. The minimum absolute atomic E-state index is 0.0782. The lowest BCUT2D eigenvalue weighted by molar-refractivity contribution is -0.130. The van der Waals surface area contributed by atoms with E-state index in [-0.39, 0.29) is 5.54 Å². The second-order valence-electron chi connectivity index (χ2n) is 4.55. The lowest BCUT2D eigenvalue weighted by Crippen LogP contribution is -2.36. The molecular formula is C13H15NO. The molecule has 1 saturated carbocycles. The third-order valence-corrected chi connectivity index (χ3v) is 3.62. The summed E-state index contributed by atoms with van der Waals surface area (Å²) in [6.45, 7) is 0.952. The fourth-order valence-corrected chi connectivity index (χ4v) is 2.68. The van der Waals surface area contributed by atoms with Crippen LogP contribution in [0, 0.1) is 0 Å². The SMILES string of the molecule is O=C1CCCN1C1(c2ccccc2)CC1. The Morgan fingerprint density at radius 1 is 1.13 bits per heavy atom. The average Bonchev–Trinajstić information content (AvgIpc) is 2.98. The fraction of sp³-hybridized carbons (Fsp3) is 0.462. The van der Waals surface area contributed by atoms with Crippen LogP contribution in [0.15, 0.2) is 30.3 Å². The fourth-order valence-electron chi connectivity index (χ4n) is 2.68. The van der Waals surface area contributed by atoms with Crippen LogP contribution in [0.2, 0.25) is 0 Å². The van der Waals surface area contributed by atoms with Gasteiger partial charge in [0.1, 0.15) is 0 Å². The molecule has 1 saturated heterocycles. The number of benzene rings is 1. The largest absolute Gasteiger partial charge is 0.333 e. The molecule has 3 rings (SSSR count). The molecule has 0 unspecified atom stereocenters. The molecule has 0 bridgehead atoms. The smallest absolute Gasteiger partial charge is 0.223 e. The van der Waals surface area contributed by atoms with Crippen LogP contribution < -0.4 is 0 Å². The molecule has 78 valence electrons. The van der Waals surface area contributed by atoms with Gasteiger partial charge in [-0.15, -0.1) is 0 Å². The second kappa shape index (κ2) is 3.09. The summed E-state index contributed by atoms with van der Waals surface area (Å²) in [5.41, 5.74) is 1.40. The van der Waals surface area contributed by atoms with Gasteiger partial charge < -0.3 is 4.90 Å². The van der Waals surface area contributed by atoms with Crippen LogP contribution in [-0.4, -0.2) is 17.4 Å². The lowest BCUT2D eigenvalue weighted by atomic mass is 10.0. The summed E-state index contributed by atoms with van der Waals surface area (Å²) in [7, 11) is 0. The first-order valence-electron chi connectivity index (χ1n) is 5.69. The standard InChI is InChI=1S/C13H15NO/c15-12-7-4-10-14(12)13(8-9-13)11-5-2-1-3-6-11/h1-3,5-6H,4,7-10H2. The van der Waals surface area contributed by atoms with Crippen LogP contribution in [0.5, 0.6) is 0 Å². The molecule has 2 aliphatic rings. The highest BCUT2D eigenvalue weighted by molar-refractivity contribution is 5.79. The summed E-state index contributed by atoms with van der Waals surface area (Å²) >= 11 is 0. The van der Waals surface area contributed by atoms with E-state index in [1.165, 1.54) is 5.56 Å². The van der Waals surface area contributed by atoms with Crippen LogP contribution in [-0.2, 0) is 10.3 Å². The highest BCUT2D eigenvalue weighted by atomic mass is 16.2. The number of carbonyl (C=O) groups excluding carboxylic acids is 1. The molecule has 0 radical (unpaired) electrons. The molecular weight excluding hydrogens is 186 g/mol. The maximum absolute atomic E-state index is 11.8. The Hall–Kier alpha value is -1.31. The summed E-state index contributed by atoms with van der Waals surface area (Å²) in [6.07, 6.45) is 4.06. The van der Waals surface area contributed by atoms with Crippen molar-refractivity contribution in [3.63, 3.8) is 0 Å². The van der Waals surface area contributed by atoms with Crippen LogP contribution in [0.25, 0.3) is 0 Å². The van der Waals surface area contributed by atoms with E-state index in [1.54, 1.807) is 0 Å². The van der Waals surface area contributed by atoms with Gasteiger partial charge in [0, 0.05) is 13.0 Å². The Morgan fingerprint density at radius 3 is 2.40 bits per heavy atom. The molecule has 1 heterocycles. The van der Waals surface area contributed by atoms with Gasteiger partial charge in [0.2, 0.25) is 5.91 Å². The Bertz CT molecular complexity index is 381. The van der Waals surface area contributed by atoms with Crippen molar-refractivity contribution in [1.82, 2.24) is 4.90 Å². The van der Waals surface area contributed by atoms with Gasteiger partial charge >= 0.3 is 0 Å². The van der Waals surface area contributed by atoms with Gasteiger partial charge in [0.25, 0.3) is 0 Å². The van der Waals surface area contributed by atoms with Gasteiger partial charge in [-0.3, -0.25) is 4.79 Å². The molecule has 1 aromatic carbocycles. The van der Waals surface area contributed by atoms with Crippen molar-refractivity contribution in [1.29, 1.82) is 0 Å². The molecule has 15 heavy (non-hydrogen) atoms. The van der Waals surface area contributed by atoms with Gasteiger partial charge in [0.15, 0.2) is 0 Å². The molecule has 0 N–H and O–H groups in total. The third-order valence-electron chi connectivity index (χ3n) is 3.62. The first kappa shape index (κ1) is 8.96.